The Morgan fingerprint density at radius 1 is 1.24 bits per heavy atom. The number of amides is 1. The van der Waals surface area contributed by atoms with Crippen LogP contribution in [0.25, 0.3) is 5.69 Å². The van der Waals surface area contributed by atoms with E-state index in [-0.39, 0.29) is 5.91 Å². The Labute approximate surface area is 125 Å². The highest BCUT2D eigenvalue weighted by Crippen LogP contribution is 2.17. The summed E-state index contributed by atoms with van der Waals surface area (Å²) in [4.78, 5) is 11.4. The van der Waals surface area contributed by atoms with Gasteiger partial charge in [0.1, 0.15) is 0 Å². The molecule has 2 rings (SSSR count). The van der Waals surface area contributed by atoms with Crippen LogP contribution < -0.4 is 10.6 Å². The van der Waals surface area contributed by atoms with E-state index >= 15 is 0 Å². The molecule has 1 amide bonds. The molecule has 2 aromatic rings. The number of para-hydroxylation sites is 1. The highest BCUT2D eigenvalue weighted by Gasteiger charge is 2.12. The van der Waals surface area contributed by atoms with E-state index in [1.54, 1.807) is 0 Å². The molecule has 0 aliphatic carbocycles. The molecule has 1 heterocycles. The number of benzene rings is 1. The Hall–Kier alpha value is -2.14. The Balaban J connectivity index is 2.08. The van der Waals surface area contributed by atoms with Crippen LogP contribution in [0.5, 0.6) is 0 Å². The Bertz CT molecular complexity index is 604. The summed E-state index contributed by atoms with van der Waals surface area (Å²) in [5.74, 6) is 0.0169. The van der Waals surface area contributed by atoms with E-state index < -0.39 is 0 Å². The van der Waals surface area contributed by atoms with Gasteiger partial charge in [-0.3, -0.25) is 4.79 Å². The normalized spacial score (nSPS) is 10.6. The predicted octanol–water partition coefficient (Wildman–Crippen LogP) is 1.71. The Kier molecular flexibility index (Phi) is 5.11. The molecule has 0 bridgehead atoms. The molecular formula is C16H22N4O. The summed E-state index contributed by atoms with van der Waals surface area (Å²) in [6, 6.07) is 10.1. The molecule has 2 N–H and O–H groups in total. The number of nitrogens with zero attached hydrogens (tertiary/aromatic N) is 2. The molecule has 1 aromatic carbocycles. The fourth-order valence-corrected chi connectivity index (χ4v) is 2.31. The van der Waals surface area contributed by atoms with Gasteiger partial charge in [0.15, 0.2) is 0 Å². The molecule has 0 aliphatic rings. The lowest BCUT2D eigenvalue weighted by atomic mass is 10.2. The highest BCUT2D eigenvalue weighted by atomic mass is 16.1. The SMILES string of the molecule is CCNC(=O)CNCc1c(C)nn(-c2ccccc2)c1C. The molecular weight excluding hydrogens is 264 g/mol. The first-order valence-electron chi connectivity index (χ1n) is 7.21. The van der Waals surface area contributed by atoms with E-state index in [4.69, 9.17) is 0 Å². The lowest BCUT2D eigenvalue weighted by Crippen LogP contribution is -2.33. The number of likely N-dealkylation sites (N-methyl/N-ethyl adjacent to an activating group) is 1. The largest absolute Gasteiger partial charge is 0.355 e. The maximum absolute atomic E-state index is 11.4. The molecule has 0 aliphatic heterocycles. The first kappa shape index (κ1) is 15.3. The number of rotatable bonds is 6. The van der Waals surface area contributed by atoms with Gasteiger partial charge < -0.3 is 10.6 Å². The molecule has 112 valence electrons. The number of aromatic nitrogens is 2. The maximum Gasteiger partial charge on any atom is 0.233 e. The molecule has 1 aromatic heterocycles. The third kappa shape index (κ3) is 3.70. The minimum atomic E-state index is 0.0169. The second-order valence-electron chi connectivity index (χ2n) is 4.95. The Morgan fingerprint density at radius 3 is 2.62 bits per heavy atom. The monoisotopic (exact) mass is 286 g/mol. The zero-order valence-electron chi connectivity index (χ0n) is 12.8. The van der Waals surface area contributed by atoms with Crippen LogP contribution in [-0.2, 0) is 11.3 Å². The van der Waals surface area contributed by atoms with Crippen LogP contribution in [0.3, 0.4) is 0 Å². The standard InChI is InChI=1S/C16H22N4O/c1-4-18-16(21)11-17-10-15-12(2)19-20(13(15)3)14-8-6-5-7-9-14/h5-9,17H,4,10-11H2,1-3H3,(H,18,21). The summed E-state index contributed by atoms with van der Waals surface area (Å²) in [5, 5.41) is 10.5. The van der Waals surface area contributed by atoms with Crippen molar-refractivity contribution in [3.8, 4) is 5.69 Å². The summed E-state index contributed by atoms with van der Waals surface area (Å²) in [6.45, 7) is 7.58. The smallest absolute Gasteiger partial charge is 0.233 e. The zero-order chi connectivity index (χ0) is 15.2. The summed E-state index contributed by atoms with van der Waals surface area (Å²) in [7, 11) is 0. The fourth-order valence-electron chi connectivity index (χ4n) is 2.31. The fraction of sp³-hybridized carbons (Fsp3) is 0.375. The summed E-state index contributed by atoms with van der Waals surface area (Å²) in [6.07, 6.45) is 0. The van der Waals surface area contributed by atoms with Gasteiger partial charge in [0, 0.05) is 24.3 Å². The minimum Gasteiger partial charge on any atom is -0.355 e. The summed E-state index contributed by atoms with van der Waals surface area (Å²) >= 11 is 0. The van der Waals surface area contributed by atoms with Crippen molar-refractivity contribution in [2.45, 2.75) is 27.3 Å². The second-order valence-corrected chi connectivity index (χ2v) is 4.95. The van der Waals surface area contributed by atoms with Gasteiger partial charge in [0.25, 0.3) is 0 Å². The van der Waals surface area contributed by atoms with Crippen molar-refractivity contribution in [1.29, 1.82) is 0 Å². The predicted molar refractivity (Wildman–Crippen MR) is 83.4 cm³/mol. The van der Waals surface area contributed by atoms with Crippen molar-refractivity contribution in [1.82, 2.24) is 20.4 Å². The van der Waals surface area contributed by atoms with Gasteiger partial charge in [-0.05, 0) is 32.9 Å². The summed E-state index contributed by atoms with van der Waals surface area (Å²) in [5.41, 5.74) is 4.28. The lowest BCUT2D eigenvalue weighted by Gasteiger charge is -2.07. The van der Waals surface area contributed by atoms with Crippen LogP contribution in [0.15, 0.2) is 30.3 Å². The van der Waals surface area contributed by atoms with Gasteiger partial charge in [-0.25, -0.2) is 4.68 Å². The molecule has 21 heavy (non-hydrogen) atoms. The van der Waals surface area contributed by atoms with Gasteiger partial charge in [-0.1, -0.05) is 18.2 Å². The van der Waals surface area contributed by atoms with Crippen molar-refractivity contribution < 1.29 is 4.79 Å². The minimum absolute atomic E-state index is 0.0169. The first-order chi connectivity index (χ1) is 10.1. The number of nitrogens with one attached hydrogen (secondary N) is 2. The summed E-state index contributed by atoms with van der Waals surface area (Å²) < 4.78 is 1.94. The van der Waals surface area contributed by atoms with E-state index in [0.717, 1.165) is 22.6 Å². The highest BCUT2D eigenvalue weighted by molar-refractivity contribution is 5.77. The van der Waals surface area contributed by atoms with E-state index in [9.17, 15) is 4.79 Å². The Morgan fingerprint density at radius 2 is 1.95 bits per heavy atom. The average Bonchev–Trinajstić information content (AvgIpc) is 2.76. The third-order valence-electron chi connectivity index (χ3n) is 3.40. The van der Waals surface area contributed by atoms with Crippen molar-refractivity contribution in [2.24, 2.45) is 0 Å². The van der Waals surface area contributed by atoms with Crippen molar-refractivity contribution in [3.05, 3.63) is 47.3 Å². The number of hydrogen-bond donors (Lipinski definition) is 2. The van der Waals surface area contributed by atoms with Crippen LogP contribution in [0, 0.1) is 13.8 Å². The van der Waals surface area contributed by atoms with Gasteiger partial charge in [-0.15, -0.1) is 0 Å². The first-order valence-corrected chi connectivity index (χ1v) is 7.21. The van der Waals surface area contributed by atoms with E-state index in [2.05, 4.69) is 22.7 Å². The average molecular weight is 286 g/mol. The quantitative estimate of drug-likeness (QED) is 0.850. The van der Waals surface area contributed by atoms with E-state index in [1.165, 1.54) is 0 Å². The lowest BCUT2D eigenvalue weighted by molar-refractivity contribution is -0.120. The molecule has 0 spiro atoms. The second kappa shape index (κ2) is 7.04. The van der Waals surface area contributed by atoms with Crippen LogP contribution in [0.2, 0.25) is 0 Å². The number of hydrogen-bond acceptors (Lipinski definition) is 3. The van der Waals surface area contributed by atoms with Crippen molar-refractivity contribution >= 4 is 5.91 Å². The molecule has 5 nitrogen and oxygen atoms in total. The van der Waals surface area contributed by atoms with Gasteiger partial charge in [0.05, 0.1) is 17.9 Å². The molecule has 0 saturated carbocycles. The van der Waals surface area contributed by atoms with Crippen LogP contribution in [-0.4, -0.2) is 28.8 Å². The molecule has 0 fully saturated rings. The molecule has 0 atom stereocenters. The molecule has 0 radical (unpaired) electrons. The topological polar surface area (TPSA) is 59.0 Å². The van der Waals surface area contributed by atoms with Gasteiger partial charge in [0.2, 0.25) is 5.91 Å². The number of carbonyl (C=O) groups excluding carboxylic acids is 1. The van der Waals surface area contributed by atoms with E-state index in [0.29, 0.717) is 19.6 Å². The number of aryl methyl sites for hydroxylation is 1. The van der Waals surface area contributed by atoms with E-state index in [1.807, 2.05) is 48.9 Å². The van der Waals surface area contributed by atoms with Gasteiger partial charge in [-0.2, -0.15) is 5.10 Å². The van der Waals surface area contributed by atoms with Crippen molar-refractivity contribution in [2.75, 3.05) is 13.1 Å². The van der Waals surface area contributed by atoms with Crippen LogP contribution in [0.4, 0.5) is 0 Å². The zero-order valence-corrected chi connectivity index (χ0v) is 12.8. The third-order valence-corrected chi connectivity index (χ3v) is 3.40. The van der Waals surface area contributed by atoms with Crippen LogP contribution in [0.1, 0.15) is 23.9 Å². The molecule has 0 saturated heterocycles. The molecule has 0 unspecified atom stereocenters. The van der Waals surface area contributed by atoms with Gasteiger partial charge >= 0.3 is 0 Å². The van der Waals surface area contributed by atoms with Crippen LogP contribution >= 0.6 is 0 Å². The maximum atomic E-state index is 11.4. The molecule has 5 heteroatoms. The number of carbonyl (C=O) groups is 1. The van der Waals surface area contributed by atoms with Crippen molar-refractivity contribution in [3.63, 3.8) is 0 Å².